The van der Waals surface area contributed by atoms with Crippen molar-refractivity contribution in [1.82, 2.24) is 15.1 Å². The molecule has 1 aliphatic heterocycles. The molecule has 0 saturated heterocycles. The molecule has 0 radical (unpaired) electrons. The minimum atomic E-state index is 0.133. The van der Waals surface area contributed by atoms with E-state index < -0.39 is 0 Å². The summed E-state index contributed by atoms with van der Waals surface area (Å²) in [7, 11) is 0. The van der Waals surface area contributed by atoms with Crippen LogP contribution in [0.5, 0.6) is 0 Å². The molecule has 1 N–H and O–H groups in total. The van der Waals surface area contributed by atoms with Gasteiger partial charge in [0.1, 0.15) is 0 Å². The van der Waals surface area contributed by atoms with Gasteiger partial charge in [0.15, 0.2) is 0 Å². The maximum Gasteiger partial charge on any atom is 0.240 e. The summed E-state index contributed by atoms with van der Waals surface area (Å²) in [6.07, 6.45) is 4.81. The fraction of sp³-hybridized carbons (Fsp3) is 0.412. The van der Waals surface area contributed by atoms with Gasteiger partial charge in [-0.2, -0.15) is 5.10 Å². The number of fused-ring (bicyclic) bond motifs is 1. The van der Waals surface area contributed by atoms with Crippen LogP contribution in [-0.4, -0.2) is 34.8 Å². The average Bonchev–Trinajstić information content (AvgIpc) is 3.11. The molecule has 2 aromatic rings. The number of aryl methyl sites for hydroxylation is 1. The molecule has 0 aliphatic carbocycles. The van der Waals surface area contributed by atoms with Crippen molar-refractivity contribution in [2.24, 2.45) is 0 Å². The summed E-state index contributed by atoms with van der Waals surface area (Å²) in [6.45, 7) is 6.00. The van der Waals surface area contributed by atoms with Crippen molar-refractivity contribution in [1.29, 1.82) is 0 Å². The first-order valence-corrected chi connectivity index (χ1v) is 7.74. The number of para-hydroxylation sites is 1. The summed E-state index contributed by atoms with van der Waals surface area (Å²) in [5, 5.41) is 7.57. The van der Waals surface area contributed by atoms with E-state index in [2.05, 4.69) is 23.4 Å². The van der Waals surface area contributed by atoms with Crippen molar-refractivity contribution in [2.75, 3.05) is 18.0 Å². The number of aromatic nitrogens is 2. The van der Waals surface area contributed by atoms with Crippen molar-refractivity contribution in [3.05, 3.63) is 47.8 Å². The van der Waals surface area contributed by atoms with E-state index in [0.717, 1.165) is 30.8 Å². The maximum atomic E-state index is 12.4. The van der Waals surface area contributed by atoms with Crippen molar-refractivity contribution in [3.63, 3.8) is 0 Å². The van der Waals surface area contributed by atoms with Gasteiger partial charge in [-0.1, -0.05) is 18.2 Å². The number of nitrogens with zero attached hydrogens (tertiary/aromatic N) is 3. The van der Waals surface area contributed by atoms with Crippen molar-refractivity contribution < 1.29 is 4.79 Å². The van der Waals surface area contributed by atoms with Gasteiger partial charge in [0, 0.05) is 24.5 Å². The molecule has 116 valence electrons. The highest BCUT2D eigenvalue weighted by Gasteiger charge is 2.23. The standard InChI is InChI=1S/C17H22N4O/c1-13-9-19-20(11-13)12-14(2)18-10-17(22)21-8-7-15-5-3-4-6-16(15)21/h3-6,9,11,14,18H,7-8,10,12H2,1-2H3/t14-/m0/s1. The Morgan fingerprint density at radius 3 is 3.00 bits per heavy atom. The van der Waals surface area contributed by atoms with Crippen molar-refractivity contribution in [3.8, 4) is 0 Å². The number of benzene rings is 1. The van der Waals surface area contributed by atoms with Crippen LogP contribution in [0.3, 0.4) is 0 Å². The molecule has 0 saturated carbocycles. The van der Waals surface area contributed by atoms with Crippen LogP contribution in [0.25, 0.3) is 0 Å². The molecule has 0 fully saturated rings. The summed E-state index contributed by atoms with van der Waals surface area (Å²) in [5.41, 5.74) is 3.47. The molecule has 1 amide bonds. The molecule has 3 rings (SSSR count). The highest BCUT2D eigenvalue weighted by molar-refractivity contribution is 5.96. The molecule has 22 heavy (non-hydrogen) atoms. The average molecular weight is 298 g/mol. The molecular weight excluding hydrogens is 276 g/mol. The van der Waals surface area contributed by atoms with Crippen LogP contribution in [-0.2, 0) is 17.8 Å². The second-order valence-corrected chi connectivity index (χ2v) is 5.95. The van der Waals surface area contributed by atoms with Gasteiger partial charge in [-0.05, 0) is 37.5 Å². The third-order valence-corrected chi connectivity index (χ3v) is 4.01. The van der Waals surface area contributed by atoms with Gasteiger partial charge >= 0.3 is 0 Å². The monoisotopic (exact) mass is 298 g/mol. The first-order chi connectivity index (χ1) is 10.6. The molecule has 1 aromatic carbocycles. The second kappa shape index (κ2) is 6.32. The number of hydrogen-bond acceptors (Lipinski definition) is 3. The number of rotatable bonds is 5. The zero-order chi connectivity index (χ0) is 15.5. The Hall–Kier alpha value is -2.14. The molecule has 0 unspecified atom stereocenters. The van der Waals surface area contributed by atoms with Crippen LogP contribution in [0, 0.1) is 6.92 Å². The molecule has 2 heterocycles. The number of nitrogens with one attached hydrogen (secondary N) is 1. The van der Waals surface area contributed by atoms with E-state index in [0.29, 0.717) is 6.54 Å². The van der Waals surface area contributed by atoms with Crippen LogP contribution >= 0.6 is 0 Å². The van der Waals surface area contributed by atoms with E-state index in [1.165, 1.54) is 5.56 Å². The summed E-state index contributed by atoms with van der Waals surface area (Å²) in [4.78, 5) is 14.3. The lowest BCUT2D eigenvalue weighted by atomic mass is 10.2. The van der Waals surface area contributed by atoms with Crippen LogP contribution in [0.2, 0.25) is 0 Å². The largest absolute Gasteiger partial charge is 0.311 e. The smallest absolute Gasteiger partial charge is 0.240 e. The molecule has 0 bridgehead atoms. The van der Waals surface area contributed by atoms with Gasteiger partial charge in [0.2, 0.25) is 5.91 Å². The van der Waals surface area contributed by atoms with E-state index in [-0.39, 0.29) is 11.9 Å². The molecule has 1 aromatic heterocycles. The van der Waals surface area contributed by atoms with E-state index in [1.807, 2.05) is 47.1 Å². The first-order valence-electron chi connectivity index (χ1n) is 7.74. The molecule has 1 aliphatic rings. The van der Waals surface area contributed by atoms with Gasteiger partial charge in [-0.15, -0.1) is 0 Å². The van der Waals surface area contributed by atoms with Gasteiger partial charge < -0.3 is 10.2 Å². The molecule has 5 heteroatoms. The Bertz CT molecular complexity index is 664. The van der Waals surface area contributed by atoms with Gasteiger partial charge in [-0.3, -0.25) is 9.48 Å². The van der Waals surface area contributed by atoms with Crippen LogP contribution in [0.15, 0.2) is 36.7 Å². The van der Waals surface area contributed by atoms with Crippen LogP contribution < -0.4 is 10.2 Å². The molecular formula is C17H22N4O. The Morgan fingerprint density at radius 2 is 2.23 bits per heavy atom. The Morgan fingerprint density at radius 1 is 1.41 bits per heavy atom. The van der Waals surface area contributed by atoms with E-state index in [9.17, 15) is 4.79 Å². The molecule has 5 nitrogen and oxygen atoms in total. The third-order valence-electron chi connectivity index (χ3n) is 4.01. The van der Waals surface area contributed by atoms with E-state index >= 15 is 0 Å². The minimum Gasteiger partial charge on any atom is -0.311 e. The fourth-order valence-corrected chi connectivity index (χ4v) is 2.87. The first kappa shape index (κ1) is 14.8. The van der Waals surface area contributed by atoms with Crippen molar-refractivity contribution >= 4 is 11.6 Å². The molecule has 0 spiro atoms. The molecule has 1 atom stereocenters. The summed E-state index contributed by atoms with van der Waals surface area (Å²) >= 11 is 0. The highest BCUT2D eigenvalue weighted by Crippen LogP contribution is 2.27. The summed E-state index contributed by atoms with van der Waals surface area (Å²) < 4.78 is 1.91. The zero-order valence-electron chi connectivity index (χ0n) is 13.1. The number of hydrogen-bond donors (Lipinski definition) is 1. The van der Waals surface area contributed by atoms with Gasteiger partial charge in [-0.25, -0.2) is 0 Å². The number of amides is 1. The zero-order valence-corrected chi connectivity index (χ0v) is 13.1. The second-order valence-electron chi connectivity index (χ2n) is 5.95. The van der Waals surface area contributed by atoms with Gasteiger partial charge in [0.25, 0.3) is 0 Å². The van der Waals surface area contributed by atoms with Crippen molar-refractivity contribution in [2.45, 2.75) is 32.9 Å². The number of carbonyl (C=O) groups excluding carboxylic acids is 1. The Balaban J connectivity index is 1.52. The van der Waals surface area contributed by atoms with Gasteiger partial charge in [0.05, 0.1) is 19.3 Å². The fourth-order valence-electron chi connectivity index (χ4n) is 2.87. The number of anilines is 1. The van der Waals surface area contributed by atoms with Crippen LogP contribution in [0.4, 0.5) is 5.69 Å². The maximum absolute atomic E-state index is 12.4. The van der Waals surface area contributed by atoms with Crippen LogP contribution in [0.1, 0.15) is 18.1 Å². The highest BCUT2D eigenvalue weighted by atomic mass is 16.2. The summed E-state index contributed by atoms with van der Waals surface area (Å²) in [5.74, 6) is 0.133. The predicted octanol–water partition coefficient (Wildman–Crippen LogP) is 1.76. The quantitative estimate of drug-likeness (QED) is 0.915. The lowest BCUT2D eigenvalue weighted by molar-refractivity contribution is -0.117. The van der Waals surface area contributed by atoms with E-state index in [1.54, 1.807) is 0 Å². The topological polar surface area (TPSA) is 50.2 Å². The Kier molecular flexibility index (Phi) is 4.24. The third kappa shape index (κ3) is 3.20. The Labute approximate surface area is 130 Å². The minimum absolute atomic E-state index is 0.133. The van der Waals surface area contributed by atoms with E-state index in [4.69, 9.17) is 0 Å². The predicted molar refractivity (Wildman–Crippen MR) is 86.9 cm³/mol. The lowest BCUT2D eigenvalue weighted by Gasteiger charge is -2.19. The summed E-state index contributed by atoms with van der Waals surface area (Å²) in [6, 6.07) is 8.33. The normalized spacial score (nSPS) is 14.9. The SMILES string of the molecule is Cc1cnn(C[C@H](C)NCC(=O)N2CCc3ccccc32)c1. The number of carbonyl (C=O) groups is 1. The lowest BCUT2D eigenvalue weighted by Crippen LogP contribution is -2.41.